The van der Waals surface area contributed by atoms with E-state index in [0.717, 1.165) is 0 Å². The zero-order chi connectivity index (χ0) is 23.1. The molecule has 2 aromatic carbocycles. The maximum absolute atomic E-state index is 13.1. The smallest absolute Gasteiger partial charge is 0.296 e. The molecule has 1 atom stereocenters. The van der Waals surface area contributed by atoms with Crippen LogP contribution in [0, 0.1) is 0 Å². The number of halogens is 1. The number of nitrogens with zero attached hydrogens (tertiary/aromatic N) is 1. The molecule has 2 N–H and O–H groups in total. The van der Waals surface area contributed by atoms with E-state index in [0.29, 0.717) is 41.6 Å². The van der Waals surface area contributed by atoms with Crippen LogP contribution < -0.4 is 9.47 Å². The number of hydrogen-bond donors (Lipinski definition) is 2. The highest BCUT2D eigenvalue weighted by atomic mass is 35.5. The van der Waals surface area contributed by atoms with Crippen molar-refractivity contribution in [1.82, 2.24) is 4.90 Å². The number of furan rings is 1. The Kier molecular flexibility index (Phi) is 5.22. The van der Waals surface area contributed by atoms with Gasteiger partial charge in [-0.15, -0.1) is 0 Å². The van der Waals surface area contributed by atoms with Crippen LogP contribution in [-0.2, 0) is 16.1 Å². The van der Waals surface area contributed by atoms with E-state index < -0.39 is 17.7 Å². The number of phenols is 1. The van der Waals surface area contributed by atoms with E-state index in [2.05, 4.69) is 0 Å². The normalized spacial score (nSPS) is 19.2. The molecule has 0 aliphatic carbocycles. The largest absolute Gasteiger partial charge is 0.507 e. The number of aliphatic hydroxyl groups is 1. The fraction of sp³-hybridized carbons (Fsp3) is 0.167. The molecule has 8 nitrogen and oxygen atoms in total. The summed E-state index contributed by atoms with van der Waals surface area (Å²) in [4.78, 5) is 27.4. The summed E-state index contributed by atoms with van der Waals surface area (Å²) in [5.41, 5.74) is 0.637. The Labute approximate surface area is 193 Å². The van der Waals surface area contributed by atoms with Crippen molar-refractivity contribution >= 4 is 29.1 Å². The minimum atomic E-state index is -0.957. The fourth-order valence-corrected chi connectivity index (χ4v) is 4.19. The van der Waals surface area contributed by atoms with Crippen molar-refractivity contribution in [3.63, 3.8) is 0 Å². The van der Waals surface area contributed by atoms with Gasteiger partial charge in [0.25, 0.3) is 11.7 Å². The van der Waals surface area contributed by atoms with Crippen molar-refractivity contribution < 1.29 is 33.7 Å². The second-order valence-electron chi connectivity index (χ2n) is 7.58. The van der Waals surface area contributed by atoms with E-state index >= 15 is 0 Å². The van der Waals surface area contributed by atoms with Gasteiger partial charge in [0.05, 0.1) is 29.4 Å². The number of phenolic OH excluding ortho intramolecular Hbond substituents is 1. The fourth-order valence-electron chi connectivity index (χ4n) is 4.00. The molecule has 33 heavy (non-hydrogen) atoms. The lowest BCUT2D eigenvalue weighted by molar-refractivity contribution is -0.140. The Morgan fingerprint density at radius 2 is 1.85 bits per heavy atom. The van der Waals surface area contributed by atoms with Crippen LogP contribution in [0.1, 0.15) is 22.9 Å². The quantitative estimate of drug-likeness (QED) is 0.338. The topological polar surface area (TPSA) is 109 Å². The van der Waals surface area contributed by atoms with Gasteiger partial charge in [-0.2, -0.15) is 0 Å². The average molecular weight is 468 g/mol. The highest BCUT2D eigenvalue weighted by molar-refractivity contribution is 6.46. The Morgan fingerprint density at radius 1 is 1.06 bits per heavy atom. The lowest BCUT2D eigenvalue weighted by Gasteiger charge is -2.25. The second-order valence-corrected chi connectivity index (χ2v) is 7.98. The van der Waals surface area contributed by atoms with Crippen molar-refractivity contribution in [1.29, 1.82) is 0 Å². The number of aromatic hydroxyl groups is 1. The first kappa shape index (κ1) is 21.0. The Bertz CT molecular complexity index is 1280. The molecule has 0 radical (unpaired) electrons. The number of Topliss-reactive ketones (excluding diaryl/α,β-unsaturated/α-hetero) is 1. The van der Waals surface area contributed by atoms with Gasteiger partial charge in [0.1, 0.15) is 30.5 Å². The molecule has 0 saturated carbocycles. The summed E-state index contributed by atoms with van der Waals surface area (Å²) >= 11 is 6.11. The van der Waals surface area contributed by atoms with Crippen molar-refractivity contribution in [2.75, 3.05) is 13.2 Å². The minimum Gasteiger partial charge on any atom is -0.507 e. The summed E-state index contributed by atoms with van der Waals surface area (Å²) in [5.74, 6) is -0.720. The summed E-state index contributed by atoms with van der Waals surface area (Å²) in [5, 5.41) is 21.1. The zero-order valence-electron chi connectivity index (χ0n) is 17.2. The number of rotatable bonds is 4. The molecule has 1 saturated heterocycles. The van der Waals surface area contributed by atoms with Crippen LogP contribution in [-0.4, -0.2) is 40.0 Å². The molecule has 2 aliphatic rings. The third-order valence-electron chi connectivity index (χ3n) is 5.55. The first-order chi connectivity index (χ1) is 15.9. The second kappa shape index (κ2) is 8.22. The molecule has 3 aromatic rings. The van der Waals surface area contributed by atoms with Gasteiger partial charge in [0, 0.05) is 5.56 Å². The summed E-state index contributed by atoms with van der Waals surface area (Å²) < 4.78 is 16.5. The summed E-state index contributed by atoms with van der Waals surface area (Å²) in [7, 11) is 0. The Morgan fingerprint density at radius 3 is 2.58 bits per heavy atom. The molecular formula is C24H18ClNO7. The third-order valence-corrected chi connectivity index (χ3v) is 5.85. The molecule has 1 unspecified atom stereocenters. The predicted molar refractivity (Wildman–Crippen MR) is 117 cm³/mol. The van der Waals surface area contributed by atoms with Gasteiger partial charge < -0.3 is 29.0 Å². The van der Waals surface area contributed by atoms with Crippen LogP contribution in [0.4, 0.5) is 0 Å². The van der Waals surface area contributed by atoms with Crippen LogP contribution in [0.5, 0.6) is 17.2 Å². The van der Waals surface area contributed by atoms with Gasteiger partial charge in [-0.25, -0.2) is 0 Å². The maximum Gasteiger partial charge on any atom is 0.296 e. The van der Waals surface area contributed by atoms with Crippen LogP contribution >= 0.6 is 11.6 Å². The number of ketones is 1. The molecule has 9 heteroatoms. The highest BCUT2D eigenvalue weighted by Crippen LogP contribution is 2.43. The molecule has 1 amide bonds. The Balaban J connectivity index is 1.65. The van der Waals surface area contributed by atoms with E-state index in [1.54, 1.807) is 36.4 Å². The first-order valence-electron chi connectivity index (χ1n) is 10.1. The molecule has 0 bridgehead atoms. The number of carbonyl (C=O) groups excluding carboxylic acids is 2. The van der Waals surface area contributed by atoms with Crippen molar-refractivity contribution in [3.8, 4) is 17.2 Å². The van der Waals surface area contributed by atoms with Gasteiger partial charge in [-0.05, 0) is 48.0 Å². The van der Waals surface area contributed by atoms with Crippen molar-refractivity contribution in [3.05, 3.63) is 82.3 Å². The standard InChI is InChI=1S/C24H18ClNO7/c25-16-10-13(3-5-17(16)27)21-20(23(29)24(30)26(21)12-15-2-1-7-31-15)22(28)14-4-6-18-19(11-14)33-9-8-32-18/h1-7,10-11,21,27-28H,8-9,12H2/b22-20-. The SMILES string of the molecule is O=C1C(=O)N(Cc2ccco2)C(c2ccc(O)c(Cl)c2)/C1=C(/O)c1ccc2c(c1)OCCO2. The summed E-state index contributed by atoms with van der Waals surface area (Å²) in [6.07, 6.45) is 1.47. The van der Waals surface area contributed by atoms with Gasteiger partial charge in [-0.3, -0.25) is 9.59 Å². The van der Waals surface area contributed by atoms with Gasteiger partial charge >= 0.3 is 0 Å². The van der Waals surface area contributed by atoms with Gasteiger partial charge in [-0.1, -0.05) is 17.7 Å². The first-order valence-corrected chi connectivity index (χ1v) is 10.5. The van der Waals surface area contributed by atoms with Gasteiger partial charge in [0.15, 0.2) is 11.5 Å². The highest BCUT2D eigenvalue weighted by Gasteiger charge is 2.46. The van der Waals surface area contributed by atoms with Crippen molar-refractivity contribution in [2.45, 2.75) is 12.6 Å². The predicted octanol–water partition coefficient (Wildman–Crippen LogP) is 4.03. The van der Waals surface area contributed by atoms with Gasteiger partial charge in [0.2, 0.25) is 0 Å². The average Bonchev–Trinajstić information content (AvgIpc) is 3.42. The molecule has 1 aromatic heterocycles. The molecule has 2 aliphatic heterocycles. The number of fused-ring (bicyclic) bond motifs is 1. The summed E-state index contributed by atoms with van der Waals surface area (Å²) in [6.45, 7) is 0.771. The lowest BCUT2D eigenvalue weighted by Crippen LogP contribution is -2.29. The summed E-state index contributed by atoms with van der Waals surface area (Å²) in [6, 6.07) is 11.6. The van der Waals surface area contributed by atoms with Crippen LogP contribution in [0.25, 0.3) is 5.76 Å². The van der Waals surface area contributed by atoms with E-state index in [1.807, 2.05) is 0 Å². The van der Waals surface area contributed by atoms with E-state index in [-0.39, 0.29) is 28.6 Å². The Hall–Kier alpha value is -3.91. The van der Waals surface area contributed by atoms with E-state index in [4.69, 9.17) is 25.5 Å². The van der Waals surface area contributed by atoms with Crippen LogP contribution in [0.2, 0.25) is 5.02 Å². The van der Waals surface area contributed by atoms with Crippen LogP contribution in [0.3, 0.4) is 0 Å². The number of aliphatic hydroxyl groups excluding tert-OH is 1. The molecular weight excluding hydrogens is 450 g/mol. The zero-order valence-corrected chi connectivity index (χ0v) is 17.9. The van der Waals surface area contributed by atoms with E-state index in [1.165, 1.54) is 23.3 Å². The third kappa shape index (κ3) is 3.68. The maximum atomic E-state index is 13.1. The minimum absolute atomic E-state index is 0.00133. The number of likely N-dealkylation sites (tertiary alicyclic amines) is 1. The number of benzene rings is 2. The van der Waals surface area contributed by atoms with E-state index in [9.17, 15) is 19.8 Å². The lowest BCUT2D eigenvalue weighted by atomic mass is 9.95. The number of carbonyl (C=O) groups is 2. The van der Waals surface area contributed by atoms with Crippen LogP contribution in [0.15, 0.2) is 64.8 Å². The number of hydrogen-bond acceptors (Lipinski definition) is 7. The molecule has 5 rings (SSSR count). The molecule has 168 valence electrons. The van der Waals surface area contributed by atoms with Crippen molar-refractivity contribution in [2.24, 2.45) is 0 Å². The molecule has 0 spiro atoms. The molecule has 3 heterocycles. The number of ether oxygens (including phenoxy) is 2. The monoisotopic (exact) mass is 467 g/mol. The molecule has 1 fully saturated rings. The number of amides is 1.